The third kappa shape index (κ3) is 4.81. The van der Waals surface area contributed by atoms with Crippen LogP contribution >= 0.6 is 7.58 Å². The lowest BCUT2D eigenvalue weighted by Crippen LogP contribution is -2.09. The maximum Gasteiger partial charge on any atom is 0.427 e. The first kappa shape index (κ1) is 21.0. The molecule has 0 fully saturated rings. The van der Waals surface area contributed by atoms with Gasteiger partial charge in [0.25, 0.3) is 9.46 Å². The van der Waals surface area contributed by atoms with Crippen molar-refractivity contribution in [1.29, 1.82) is 0 Å². The molecule has 152 valence electrons. The Morgan fingerprint density at radius 3 is 1.48 bits per heavy atom. The van der Waals surface area contributed by atoms with Crippen molar-refractivity contribution in [2.24, 2.45) is 0 Å². The molecule has 0 bridgehead atoms. The summed E-state index contributed by atoms with van der Waals surface area (Å²) in [7, 11) is -3.46. The van der Waals surface area contributed by atoms with E-state index in [1.165, 1.54) is 26.4 Å². The van der Waals surface area contributed by atoms with E-state index in [0.29, 0.717) is 11.5 Å². The number of methoxy groups -OCH3 is 2. The fourth-order valence-corrected chi connectivity index (χ4v) is 5.92. The van der Waals surface area contributed by atoms with Crippen LogP contribution in [0, 0.1) is 6.92 Å². The van der Waals surface area contributed by atoms with Crippen LogP contribution in [0.2, 0.25) is 0 Å². The minimum atomic E-state index is -3.95. The number of benzene rings is 3. The second-order valence-electron chi connectivity index (χ2n) is 6.00. The highest BCUT2D eigenvalue weighted by Crippen LogP contribution is 2.52. The van der Waals surface area contributed by atoms with Crippen molar-refractivity contribution in [3.8, 4) is 23.0 Å². The quantitative estimate of drug-likeness (QED) is 0.457. The molecule has 0 aliphatic carbocycles. The Morgan fingerprint density at radius 1 is 0.655 bits per heavy atom. The molecule has 0 N–H and O–H groups in total. The minimum absolute atomic E-state index is 0.110. The molecule has 0 spiro atoms. The Kier molecular flexibility index (Phi) is 6.62. The molecule has 0 radical (unpaired) electrons. The summed E-state index contributed by atoms with van der Waals surface area (Å²) in [5.41, 5.74) is 0.949. The lowest BCUT2D eigenvalue weighted by atomic mass is 10.2. The summed E-state index contributed by atoms with van der Waals surface area (Å²) in [5.74, 6) is 1.35. The lowest BCUT2D eigenvalue weighted by molar-refractivity contribution is 0.382. The molecule has 0 aliphatic heterocycles. The second kappa shape index (κ2) is 9.16. The highest BCUT2D eigenvalue weighted by molar-refractivity contribution is 8.47. The van der Waals surface area contributed by atoms with Gasteiger partial charge in [-0.15, -0.1) is 0 Å². The van der Waals surface area contributed by atoms with Gasteiger partial charge in [0.05, 0.1) is 19.1 Å². The molecule has 0 saturated heterocycles. The van der Waals surface area contributed by atoms with Gasteiger partial charge in [-0.2, -0.15) is 0 Å². The molecule has 0 unspecified atom stereocenters. The number of para-hydroxylation sites is 4. The zero-order valence-electron chi connectivity index (χ0n) is 16.2. The molecule has 3 aromatic rings. The zero-order valence-corrected chi connectivity index (χ0v) is 17.9. The molecule has 0 aliphatic rings. The van der Waals surface area contributed by atoms with Gasteiger partial charge in [0.1, 0.15) is 0 Å². The maximum absolute atomic E-state index is 13.3. The van der Waals surface area contributed by atoms with Gasteiger partial charge in [0.2, 0.25) is 0 Å². The summed E-state index contributed by atoms with van der Waals surface area (Å²) in [6, 6.07) is 20.2. The van der Waals surface area contributed by atoms with Crippen molar-refractivity contribution >= 4 is 17.0 Å². The van der Waals surface area contributed by atoms with Gasteiger partial charge in [-0.1, -0.05) is 42.0 Å². The van der Waals surface area contributed by atoms with Gasteiger partial charge in [-0.25, -0.2) is 8.42 Å². The lowest BCUT2D eigenvalue weighted by Gasteiger charge is -2.20. The van der Waals surface area contributed by atoms with E-state index in [2.05, 4.69) is 0 Å². The predicted molar refractivity (Wildman–Crippen MR) is 113 cm³/mol. The van der Waals surface area contributed by atoms with Crippen molar-refractivity contribution in [2.75, 3.05) is 14.2 Å². The number of ether oxygens (including phenoxy) is 2. The minimum Gasteiger partial charge on any atom is -0.493 e. The first-order valence-corrected chi connectivity index (χ1v) is 12.0. The SMILES string of the molecule is COc1ccccc1OP(Oc1ccccc1OC)S(=O)(=O)c1ccc(C)cc1. The standard InChI is InChI=1S/C21H21O6PS/c1-16-12-14-17(15-13-16)29(22,23)28(26-20-10-6-4-8-18(20)24-2)27-21-11-7-5-9-19(21)25-3/h4-15H,1-3H3. The highest BCUT2D eigenvalue weighted by Gasteiger charge is 2.36. The molecular formula is C21H21O6PS. The molecular weight excluding hydrogens is 411 g/mol. The van der Waals surface area contributed by atoms with Gasteiger partial charge >= 0.3 is 7.58 Å². The van der Waals surface area contributed by atoms with Crippen molar-refractivity contribution in [3.05, 3.63) is 78.4 Å². The molecule has 8 heteroatoms. The molecule has 0 aromatic heterocycles. The number of hydrogen-bond acceptors (Lipinski definition) is 6. The van der Waals surface area contributed by atoms with Crippen molar-refractivity contribution in [2.45, 2.75) is 11.8 Å². The van der Waals surface area contributed by atoms with Crippen LogP contribution in [0.5, 0.6) is 23.0 Å². The molecule has 0 saturated carbocycles. The zero-order chi connectivity index (χ0) is 20.9. The average molecular weight is 432 g/mol. The molecule has 3 rings (SSSR count). The first-order chi connectivity index (χ1) is 14.0. The van der Waals surface area contributed by atoms with Gasteiger partial charge in [-0.05, 0) is 43.3 Å². The summed E-state index contributed by atoms with van der Waals surface area (Å²) in [6.07, 6.45) is 0. The number of aryl methyl sites for hydroxylation is 1. The molecule has 6 nitrogen and oxygen atoms in total. The van der Waals surface area contributed by atoms with Gasteiger partial charge in [0.15, 0.2) is 23.0 Å². The molecule has 29 heavy (non-hydrogen) atoms. The largest absolute Gasteiger partial charge is 0.493 e. The smallest absolute Gasteiger partial charge is 0.427 e. The van der Waals surface area contributed by atoms with E-state index in [0.717, 1.165) is 5.56 Å². The molecule has 0 amide bonds. The summed E-state index contributed by atoms with van der Waals surface area (Å²) in [6.45, 7) is 1.88. The monoisotopic (exact) mass is 432 g/mol. The molecule has 3 aromatic carbocycles. The topological polar surface area (TPSA) is 71.1 Å². The third-order valence-electron chi connectivity index (χ3n) is 4.00. The average Bonchev–Trinajstić information content (AvgIpc) is 2.74. The Labute approximate surface area is 171 Å². The summed E-state index contributed by atoms with van der Waals surface area (Å²) >= 11 is 0. The number of hydrogen-bond donors (Lipinski definition) is 0. The Balaban J connectivity index is 2.04. The van der Waals surface area contributed by atoms with Crippen LogP contribution in [-0.4, -0.2) is 22.6 Å². The van der Waals surface area contributed by atoms with Crippen LogP contribution in [0.3, 0.4) is 0 Å². The molecule has 0 heterocycles. The normalized spacial score (nSPS) is 11.2. The highest BCUT2D eigenvalue weighted by atomic mass is 32.8. The van der Waals surface area contributed by atoms with Crippen LogP contribution in [0.25, 0.3) is 0 Å². The number of rotatable bonds is 8. The Bertz CT molecular complexity index is 1020. The van der Waals surface area contributed by atoms with E-state index >= 15 is 0 Å². The van der Waals surface area contributed by atoms with Crippen LogP contribution in [0.1, 0.15) is 5.56 Å². The van der Waals surface area contributed by atoms with E-state index in [9.17, 15) is 8.42 Å². The summed E-state index contributed by atoms with van der Waals surface area (Å²) < 4.78 is 49.0. The van der Waals surface area contributed by atoms with Crippen LogP contribution in [-0.2, 0) is 9.46 Å². The van der Waals surface area contributed by atoms with Crippen LogP contribution in [0.4, 0.5) is 0 Å². The van der Waals surface area contributed by atoms with Crippen molar-refractivity contribution < 1.29 is 26.9 Å². The molecule has 0 atom stereocenters. The van der Waals surface area contributed by atoms with Gasteiger partial charge in [0, 0.05) is 0 Å². The summed E-state index contributed by atoms with van der Waals surface area (Å²) in [5, 5.41) is 0. The Morgan fingerprint density at radius 2 is 1.07 bits per heavy atom. The third-order valence-corrected chi connectivity index (χ3v) is 8.21. The van der Waals surface area contributed by atoms with Crippen LogP contribution < -0.4 is 18.5 Å². The van der Waals surface area contributed by atoms with Crippen LogP contribution in [0.15, 0.2) is 77.7 Å². The van der Waals surface area contributed by atoms with Gasteiger partial charge in [-0.3, -0.25) is 0 Å². The van der Waals surface area contributed by atoms with Gasteiger partial charge < -0.3 is 18.5 Å². The van der Waals surface area contributed by atoms with E-state index in [1.54, 1.807) is 60.7 Å². The van der Waals surface area contributed by atoms with E-state index in [1.807, 2.05) is 6.92 Å². The Hall–Kier alpha value is -2.76. The van der Waals surface area contributed by atoms with E-state index < -0.39 is 17.0 Å². The maximum atomic E-state index is 13.3. The van der Waals surface area contributed by atoms with Crippen molar-refractivity contribution in [3.63, 3.8) is 0 Å². The van der Waals surface area contributed by atoms with E-state index in [4.69, 9.17) is 18.5 Å². The first-order valence-electron chi connectivity index (χ1n) is 8.69. The van der Waals surface area contributed by atoms with E-state index in [-0.39, 0.29) is 16.4 Å². The second-order valence-corrected chi connectivity index (χ2v) is 10.6. The fraction of sp³-hybridized carbons (Fsp3) is 0.143. The predicted octanol–water partition coefficient (Wildman–Crippen LogP) is 5.17. The van der Waals surface area contributed by atoms with Crippen molar-refractivity contribution in [1.82, 2.24) is 0 Å². The fourth-order valence-electron chi connectivity index (χ4n) is 2.46. The summed E-state index contributed by atoms with van der Waals surface area (Å²) in [4.78, 5) is 0.110.